The van der Waals surface area contributed by atoms with E-state index in [-0.39, 0.29) is 29.6 Å². The quantitative estimate of drug-likeness (QED) is 0.720. The largest absolute Gasteiger partial charge is 0.347 e. The number of hydrogen-bond donors (Lipinski definition) is 2. The van der Waals surface area contributed by atoms with Gasteiger partial charge in [0.15, 0.2) is 0 Å². The molecule has 0 spiro atoms. The maximum absolute atomic E-state index is 13.3. The summed E-state index contributed by atoms with van der Waals surface area (Å²) in [5, 5.41) is 3.07. The first-order valence-electron chi connectivity index (χ1n) is 9.86. The normalized spacial score (nSPS) is 16.0. The van der Waals surface area contributed by atoms with E-state index in [1.54, 1.807) is 30.3 Å². The van der Waals surface area contributed by atoms with Gasteiger partial charge < -0.3 is 5.32 Å². The van der Waals surface area contributed by atoms with Crippen molar-refractivity contribution in [2.45, 2.75) is 56.4 Å². The predicted octanol–water partition coefficient (Wildman–Crippen LogP) is 3.70. The molecule has 1 fully saturated rings. The second kappa shape index (κ2) is 8.63. The summed E-state index contributed by atoms with van der Waals surface area (Å²) in [4.78, 5) is 12.7. The summed E-state index contributed by atoms with van der Waals surface area (Å²) >= 11 is 0. The number of hydrogen-bond acceptors (Lipinski definition) is 3. The third-order valence-corrected chi connectivity index (χ3v) is 7.12. The van der Waals surface area contributed by atoms with Gasteiger partial charge in [0.1, 0.15) is 5.82 Å². The lowest BCUT2D eigenvalue weighted by atomic mass is 9.88. The molecular formula is C22H27FN2O3S. The van der Waals surface area contributed by atoms with E-state index in [0.29, 0.717) is 0 Å². The van der Waals surface area contributed by atoms with E-state index in [1.165, 1.54) is 12.1 Å². The van der Waals surface area contributed by atoms with Crippen molar-refractivity contribution in [1.29, 1.82) is 0 Å². The second-order valence-corrected chi connectivity index (χ2v) is 9.51. The van der Waals surface area contributed by atoms with Gasteiger partial charge in [-0.25, -0.2) is 17.5 Å². The molecule has 1 saturated carbocycles. The van der Waals surface area contributed by atoms with Crippen molar-refractivity contribution in [3.63, 3.8) is 0 Å². The van der Waals surface area contributed by atoms with Crippen LogP contribution in [0.2, 0.25) is 0 Å². The van der Waals surface area contributed by atoms with E-state index < -0.39 is 15.6 Å². The summed E-state index contributed by atoms with van der Waals surface area (Å²) in [5.41, 5.74) is 2.30. The molecule has 0 radical (unpaired) electrons. The maximum atomic E-state index is 13.3. The van der Waals surface area contributed by atoms with Gasteiger partial charge in [0.2, 0.25) is 15.9 Å². The zero-order chi connectivity index (χ0) is 21.1. The highest BCUT2D eigenvalue weighted by molar-refractivity contribution is 7.89. The molecule has 0 aliphatic heterocycles. The molecule has 0 atom stereocenters. The van der Waals surface area contributed by atoms with Gasteiger partial charge in [0.25, 0.3) is 0 Å². The standard InChI is InChI=1S/C22H27FN2O3S/c1-16-5-10-20(15-17(16)2)29(27,28)24-14-11-21(26)25-22(12-3-4-13-22)18-6-8-19(23)9-7-18/h5-10,15,24H,3-4,11-14H2,1-2H3,(H,25,26). The molecule has 2 N–H and O–H groups in total. The number of sulfonamides is 1. The summed E-state index contributed by atoms with van der Waals surface area (Å²) in [7, 11) is -3.67. The SMILES string of the molecule is Cc1ccc(S(=O)(=O)NCCC(=O)NC2(c3ccc(F)cc3)CCCC2)cc1C. The van der Waals surface area contributed by atoms with Crippen LogP contribution in [0.5, 0.6) is 0 Å². The van der Waals surface area contributed by atoms with Crippen LogP contribution in [0.3, 0.4) is 0 Å². The van der Waals surface area contributed by atoms with E-state index in [9.17, 15) is 17.6 Å². The number of carbonyl (C=O) groups excluding carboxylic acids is 1. The Bertz CT molecular complexity index is 982. The number of benzene rings is 2. The number of carbonyl (C=O) groups is 1. The Morgan fingerprint density at radius 2 is 1.69 bits per heavy atom. The molecule has 156 valence electrons. The lowest BCUT2D eigenvalue weighted by molar-refractivity contribution is -0.123. The Hall–Kier alpha value is -2.25. The molecule has 1 aliphatic carbocycles. The molecule has 0 bridgehead atoms. The van der Waals surface area contributed by atoms with Gasteiger partial charge in [0, 0.05) is 13.0 Å². The minimum absolute atomic E-state index is 0.0145. The van der Waals surface area contributed by atoms with Gasteiger partial charge in [-0.1, -0.05) is 31.0 Å². The Labute approximate surface area is 171 Å². The van der Waals surface area contributed by atoms with Crippen LogP contribution in [-0.4, -0.2) is 20.9 Å². The van der Waals surface area contributed by atoms with Crippen LogP contribution in [-0.2, 0) is 20.4 Å². The molecule has 1 aliphatic rings. The Kier molecular flexibility index (Phi) is 6.39. The number of nitrogens with one attached hydrogen (secondary N) is 2. The van der Waals surface area contributed by atoms with Crippen molar-refractivity contribution in [3.05, 3.63) is 65.0 Å². The topological polar surface area (TPSA) is 75.3 Å². The van der Waals surface area contributed by atoms with Crippen molar-refractivity contribution in [2.75, 3.05) is 6.54 Å². The maximum Gasteiger partial charge on any atom is 0.240 e. The first-order chi connectivity index (χ1) is 13.7. The third-order valence-electron chi connectivity index (χ3n) is 5.67. The van der Waals surface area contributed by atoms with Gasteiger partial charge in [-0.2, -0.15) is 0 Å². The average molecular weight is 419 g/mol. The summed E-state index contributed by atoms with van der Waals surface area (Å²) in [6.07, 6.45) is 3.58. The molecule has 0 saturated heterocycles. The molecule has 0 aromatic heterocycles. The Morgan fingerprint density at radius 3 is 2.31 bits per heavy atom. The highest BCUT2D eigenvalue weighted by Crippen LogP contribution is 2.38. The first-order valence-corrected chi connectivity index (χ1v) is 11.3. The molecule has 3 rings (SSSR count). The number of halogens is 1. The molecule has 0 heterocycles. The van der Waals surface area contributed by atoms with E-state index in [4.69, 9.17) is 0 Å². The molecular weight excluding hydrogens is 391 g/mol. The number of rotatable bonds is 7. The Morgan fingerprint density at radius 1 is 1.03 bits per heavy atom. The van der Waals surface area contributed by atoms with Crippen LogP contribution in [0.1, 0.15) is 48.8 Å². The zero-order valence-corrected chi connectivity index (χ0v) is 17.6. The smallest absolute Gasteiger partial charge is 0.240 e. The first kappa shape index (κ1) is 21.5. The monoisotopic (exact) mass is 418 g/mol. The van der Waals surface area contributed by atoms with E-state index in [0.717, 1.165) is 42.4 Å². The van der Waals surface area contributed by atoms with Crippen molar-refractivity contribution in [3.8, 4) is 0 Å². The molecule has 5 nitrogen and oxygen atoms in total. The minimum Gasteiger partial charge on any atom is -0.347 e. The van der Waals surface area contributed by atoms with Crippen molar-refractivity contribution >= 4 is 15.9 Å². The van der Waals surface area contributed by atoms with Gasteiger partial charge in [-0.15, -0.1) is 0 Å². The van der Waals surface area contributed by atoms with Gasteiger partial charge >= 0.3 is 0 Å². The fourth-order valence-corrected chi connectivity index (χ4v) is 4.94. The molecule has 0 unspecified atom stereocenters. The fourth-order valence-electron chi connectivity index (χ4n) is 3.83. The van der Waals surface area contributed by atoms with Crippen molar-refractivity contribution in [2.24, 2.45) is 0 Å². The predicted molar refractivity (Wildman–Crippen MR) is 110 cm³/mol. The van der Waals surface area contributed by atoms with E-state index in [1.807, 2.05) is 13.8 Å². The molecule has 2 aromatic rings. The summed E-state index contributed by atoms with van der Waals surface area (Å²) in [6.45, 7) is 3.79. The highest BCUT2D eigenvalue weighted by Gasteiger charge is 2.36. The van der Waals surface area contributed by atoms with Gasteiger partial charge in [-0.05, 0) is 67.6 Å². The number of aryl methyl sites for hydroxylation is 2. The molecule has 2 aromatic carbocycles. The van der Waals surface area contributed by atoms with E-state index in [2.05, 4.69) is 10.0 Å². The van der Waals surface area contributed by atoms with Crippen LogP contribution >= 0.6 is 0 Å². The number of amides is 1. The summed E-state index contributed by atoms with van der Waals surface area (Å²) in [6, 6.07) is 11.2. The van der Waals surface area contributed by atoms with E-state index >= 15 is 0 Å². The van der Waals surface area contributed by atoms with Crippen LogP contribution in [0.25, 0.3) is 0 Å². The van der Waals surface area contributed by atoms with Gasteiger partial charge in [-0.3, -0.25) is 4.79 Å². The highest BCUT2D eigenvalue weighted by atomic mass is 32.2. The van der Waals surface area contributed by atoms with Gasteiger partial charge in [0.05, 0.1) is 10.4 Å². The zero-order valence-electron chi connectivity index (χ0n) is 16.8. The second-order valence-electron chi connectivity index (χ2n) is 7.74. The lowest BCUT2D eigenvalue weighted by Gasteiger charge is -2.31. The van der Waals surface area contributed by atoms with Crippen molar-refractivity contribution in [1.82, 2.24) is 10.0 Å². The van der Waals surface area contributed by atoms with Crippen LogP contribution in [0, 0.1) is 19.7 Å². The molecule has 7 heteroatoms. The molecule has 1 amide bonds. The van der Waals surface area contributed by atoms with Crippen LogP contribution < -0.4 is 10.0 Å². The third kappa shape index (κ3) is 5.03. The minimum atomic E-state index is -3.67. The Balaban J connectivity index is 1.61. The van der Waals surface area contributed by atoms with Crippen LogP contribution in [0.4, 0.5) is 4.39 Å². The summed E-state index contributed by atoms with van der Waals surface area (Å²) in [5.74, 6) is -0.534. The molecule has 29 heavy (non-hydrogen) atoms. The summed E-state index contributed by atoms with van der Waals surface area (Å²) < 4.78 is 40.7. The van der Waals surface area contributed by atoms with Crippen molar-refractivity contribution < 1.29 is 17.6 Å². The van der Waals surface area contributed by atoms with Crippen LogP contribution in [0.15, 0.2) is 47.4 Å². The average Bonchev–Trinajstić information content (AvgIpc) is 3.13. The lowest BCUT2D eigenvalue weighted by Crippen LogP contribution is -2.44. The fraction of sp³-hybridized carbons (Fsp3) is 0.409.